The Morgan fingerprint density at radius 2 is 1.68 bits per heavy atom. The fraction of sp³-hybridized carbons (Fsp3) is 0.125. The predicted molar refractivity (Wildman–Crippen MR) is 155 cm³/mol. The van der Waals surface area contributed by atoms with Gasteiger partial charge in [-0.15, -0.1) is 0 Å². The summed E-state index contributed by atoms with van der Waals surface area (Å²) in [5.74, 6) is -1.84. The van der Waals surface area contributed by atoms with E-state index in [1.165, 1.54) is 55.6 Å². The van der Waals surface area contributed by atoms with Crippen LogP contribution in [0.15, 0.2) is 89.3 Å². The van der Waals surface area contributed by atoms with E-state index in [0.29, 0.717) is 16.7 Å². The molecule has 44 heavy (non-hydrogen) atoms. The van der Waals surface area contributed by atoms with Crippen LogP contribution >= 0.6 is 0 Å². The van der Waals surface area contributed by atoms with Crippen molar-refractivity contribution < 1.29 is 31.6 Å². The first-order chi connectivity index (χ1) is 21.1. The van der Waals surface area contributed by atoms with E-state index in [1.54, 1.807) is 36.4 Å². The first-order valence-electron chi connectivity index (χ1n) is 13.2. The number of nitrogens with zero attached hydrogens (tertiary/aromatic N) is 2. The normalized spacial score (nSPS) is 11.9. The third-order valence-corrected chi connectivity index (χ3v) is 6.67. The summed E-state index contributed by atoms with van der Waals surface area (Å²) in [6.07, 6.45) is -4.59. The van der Waals surface area contributed by atoms with Crippen molar-refractivity contribution in [3.63, 3.8) is 0 Å². The number of rotatable bonds is 8. The Balaban J connectivity index is 1.62. The van der Waals surface area contributed by atoms with Crippen LogP contribution in [0, 0.1) is 17.1 Å². The molecule has 2 aromatic heterocycles. The highest BCUT2D eigenvalue weighted by Crippen LogP contribution is 2.38. The summed E-state index contributed by atoms with van der Waals surface area (Å²) in [4.78, 5) is 30.5. The Bertz CT molecular complexity index is 1880. The number of benzene rings is 3. The number of aromatic nitrogens is 1. The topological polar surface area (TPSA) is 120 Å². The van der Waals surface area contributed by atoms with Crippen LogP contribution in [0.1, 0.15) is 32.3 Å². The average Bonchev–Trinajstić information content (AvgIpc) is 3.40. The zero-order valence-corrected chi connectivity index (χ0v) is 23.0. The van der Waals surface area contributed by atoms with Gasteiger partial charge in [0.15, 0.2) is 0 Å². The Labute approximate surface area is 248 Å². The van der Waals surface area contributed by atoms with Crippen molar-refractivity contribution in [3.8, 4) is 28.5 Å². The number of alkyl halides is 3. The van der Waals surface area contributed by atoms with Crippen LogP contribution < -0.4 is 16.0 Å². The lowest BCUT2D eigenvalue weighted by Crippen LogP contribution is -2.27. The van der Waals surface area contributed by atoms with E-state index >= 15 is 0 Å². The summed E-state index contributed by atoms with van der Waals surface area (Å²) in [6, 6.07) is 22.4. The number of nitrogens with one attached hydrogen (secondary N) is 3. The molecule has 3 N–H and O–H groups in total. The Kier molecular flexibility index (Phi) is 8.30. The molecule has 0 spiro atoms. The maximum absolute atomic E-state index is 13.6. The Hall–Kier alpha value is -5.70. The van der Waals surface area contributed by atoms with E-state index in [4.69, 9.17) is 4.42 Å². The molecule has 0 aliphatic heterocycles. The number of pyridine rings is 1. The number of fused-ring (bicyclic) bond motifs is 1. The Morgan fingerprint density at radius 1 is 0.955 bits per heavy atom. The number of amides is 2. The second kappa shape index (κ2) is 12.3. The molecule has 0 saturated carbocycles. The second-order valence-corrected chi connectivity index (χ2v) is 9.63. The van der Waals surface area contributed by atoms with E-state index in [2.05, 4.69) is 20.9 Å². The van der Waals surface area contributed by atoms with Crippen LogP contribution in [0.4, 0.5) is 23.4 Å². The van der Waals surface area contributed by atoms with Gasteiger partial charge in [-0.3, -0.25) is 9.59 Å². The molecule has 0 bridgehead atoms. The highest BCUT2D eigenvalue weighted by molar-refractivity contribution is 6.11. The molecule has 5 rings (SSSR count). The highest BCUT2D eigenvalue weighted by atomic mass is 19.4. The summed E-state index contributed by atoms with van der Waals surface area (Å²) in [7, 11) is 1.40. The monoisotopic (exact) mass is 601 g/mol. The van der Waals surface area contributed by atoms with Crippen molar-refractivity contribution in [2.24, 2.45) is 0 Å². The number of halogens is 4. The molecule has 0 aliphatic rings. The summed E-state index contributed by atoms with van der Waals surface area (Å²) in [5, 5.41) is 17.3. The molecular weight excluding hydrogens is 578 g/mol. The van der Waals surface area contributed by atoms with E-state index in [-0.39, 0.29) is 39.4 Å². The van der Waals surface area contributed by atoms with Gasteiger partial charge >= 0.3 is 6.18 Å². The molecule has 1 unspecified atom stereocenters. The smallest absolute Gasteiger partial charge is 0.405 e. The predicted octanol–water partition coefficient (Wildman–Crippen LogP) is 6.63. The van der Waals surface area contributed by atoms with Crippen LogP contribution in [-0.4, -0.2) is 36.6 Å². The standard InChI is InChI=1S/C32H23F4N5O3/c1-38-30(43)26-24-15-23(20-8-5-9-21(14-20)29(42)40-25(16-37)18-6-3-2-4-7-18)28(39-17-32(34,35)36)41-31(24)44-27(26)19-10-12-22(33)13-11-19/h2-15,25H,17H2,1H3,(H,38,43)(H,39,41)(H,40,42). The minimum absolute atomic E-state index is 0.0406. The van der Waals surface area contributed by atoms with E-state index in [0.717, 1.165) is 0 Å². The molecule has 1 atom stereocenters. The second-order valence-electron chi connectivity index (χ2n) is 9.63. The quantitative estimate of drug-likeness (QED) is 0.172. The van der Waals surface area contributed by atoms with Crippen molar-refractivity contribution >= 4 is 28.7 Å². The molecule has 0 aliphatic carbocycles. The van der Waals surface area contributed by atoms with Gasteiger partial charge in [-0.25, -0.2) is 4.39 Å². The summed E-state index contributed by atoms with van der Waals surface area (Å²) in [6.45, 7) is -1.42. The molecule has 0 radical (unpaired) electrons. The molecule has 5 aromatic rings. The summed E-state index contributed by atoms with van der Waals surface area (Å²) >= 11 is 0. The van der Waals surface area contributed by atoms with E-state index < -0.39 is 36.4 Å². The van der Waals surface area contributed by atoms with Crippen molar-refractivity contribution in [3.05, 3.63) is 107 Å². The van der Waals surface area contributed by atoms with Crippen LogP contribution in [0.25, 0.3) is 33.6 Å². The van der Waals surface area contributed by atoms with Gasteiger partial charge in [0, 0.05) is 23.7 Å². The van der Waals surface area contributed by atoms with E-state index in [9.17, 15) is 32.4 Å². The molecule has 222 valence electrons. The number of carbonyl (C=O) groups excluding carboxylic acids is 2. The molecule has 8 nitrogen and oxygen atoms in total. The maximum atomic E-state index is 13.6. The summed E-state index contributed by atoms with van der Waals surface area (Å²) in [5.41, 5.74) is 1.41. The third kappa shape index (κ3) is 6.37. The SMILES string of the molecule is CNC(=O)c1c(-c2ccc(F)cc2)oc2nc(NCC(F)(F)F)c(-c3cccc(C(=O)NC(C#N)c4ccccc4)c3)cc12. The van der Waals surface area contributed by atoms with E-state index in [1.807, 2.05) is 6.07 Å². The zero-order valence-electron chi connectivity index (χ0n) is 23.0. The van der Waals surface area contributed by atoms with Gasteiger partial charge in [0.2, 0.25) is 5.71 Å². The largest absolute Gasteiger partial charge is 0.437 e. The third-order valence-electron chi connectivity index (χ3n) is 6.67. The van der Waals surface area contributed by atoms with Crippen LogP contribution in [0.3, 0.4) is 0 Å². The number of carbonyl (C=O) groups is 2. The first-order valence-corrected chi connectivity index (χ1v) is 13.2. The lowest BCUT2D eigenvalue weighted by atomic mass is 9.99. The van der Waals surface area contributed by atoms with Gasteiger partial charge in [-0.05, 0) is 53.6 Å². The number of furan rings is 1. The fourth-order valence-corrected chi connectivity index (χ4v) is 4.60. The van der Waals surface area contributed by atoms with Crippen molar-refractivity contribution in [2.45, 2.75) is 12.2 Å². The number of anilines is 1. The van der Waals surface area contributed by atoms with Crippen LogP contribution in [-0.2, 0) is 0 Å². The number of hydrogen-bond acceptors (Lipinski definition) is 6. The summed E-state index contributed by atoms with van der Waals surface area (Å²) < 4.78 is 59.2. The van der Waals surface area contributed by atoms with Gasteiger partial charge in [-0.2, -0.15) is 23.4 Å². The van der Waals surface area contributed by atoms with Crippen molar-refractivity contribution in [2.75, 3.05) is 18.9 Å². The first kappa shape index (κ1) is 29.8. The molecule has 2 heterocycles. The molecule has 2 amide bonds. The van der Waals surface area contributed by atoms with Gasteiger partial charge in [-0.1, -0.05) is 42.5 Å². The average molecular weight is 602 g/mol. The Morgan fingerprint density at radius 3 is 2.34 bits per heavy atom. The molecule has 3 aromatic carbocycles. The number of nitriles is 1. The van der Waals surface area contributed by atoms with Gasteiger partial charge in [0.05, 0.1) is 17.0 Å². The van der Waals surface area contributed by atoms with Gasteiger partial charge < -0.3 is 20.4 Å². The highest BCUT2D eigenvalue weighted by Gasteiger charge is 2.29. The minimum Gasteiger partial charge on any atom is -0.437 e. The lowest BCUT2D eigenvalue weighted by Gasteiger charge is -2.15. The van der Waals surface area contributed by atoms with Crippen molar-refractivity contribution in [1.82, 2.24) is 15.6 Å². The molecule has 0 fully saturated rings. The lowest BCUT2D eigenvalue weighted by molar-refractivity contribution is -0.115. The molecule has 12 heteroatoms. The molecule has 0 saturated heterocycles. The van der Waals surface area contributed by atoms with Gasteiger partial charge in [0.25, 0.3) is 11.8 Å². The van der Waals surface area contributed by atoms with Crippen LogP contribution in [0.5, 0.6) is 0 Å². The maximum Gasteiger partial charge on any atom is 0.405 e. The van der Waals surface area contributed by atoms with Gasteiger partial charge in [0.1, 0.15) is 30.0 Å². The number of hydrogen-bond donors (Lipinski definition) is 3. The minimum atomic E-state index is -4.59. The van der Waals surface area contributed by atoms with Crippen LogP contribution in [0.2, 0.25) is 0 Å². The zero-order chi connectivity index (χ0) is 31.4. The fourth-order valence-electron chi connectivity index (χ4n) is 4.60. The van der Waals surface area contributed by atoms with Crippen molar-refractivity contribution in [1.29, 1.82) is 5.26 Å². The molecular formula is C32H23F4N5O3.